The van der Waals surface area contributed by atoms with Crippen molar-refractivity contribution >= 4 is 34.6 Å². The first-order chi connectivity index (χ1) is 13.3. The Kier molecular flexibility index (Phi) is 7.10. The van der Waals surface area contributed by atoms with E-state index in [0.717, 1.165) is 16.5 Å². The van der Waals surface area contributed by atoms with E-state index in [1.807, 2.05) is 24.3 Å². The van der Waals surface area contributed by atoms with E-state index in [0.29, 0.717) is 0 Å². The molecule has 0 spiro atoms. The number of nitrogens with one attached hydrogen (secondary N) is 3. The molecule has 0 saturated heterocycles. The number of aromatic nitrogens is 1. The number of hydrogen-bond acceptors (Lipinski definition) is 5. The molecule has 0 bridgehead atoms. The molecule has 8 N–H and O–H groups in total. The molecule has 28 heavy (non-hydrogen) atoms. The summed E-state index contributed by atoms with van der Waals surface area (Å²) in [5.74, 6) is -3.20. The molecule has 2 rings (SSSR count). The normalized spacial score (nSPS) is 12.9. The fourth-order valence-corrected chi connectivity index (χ4v) is 2.80. The summed E-state index contributed by atoms with van der Waals surface area (Å²) >= 11 is 0. The number of carbonyl (C=O) groups excluding carboxylic acids is 3. The van der Waals surface area contributed by atoms with Gasteiger partial charge < -0.3 is 32.2 Å². The molecule has 0 saturated carbocycles. The van der Waals surface area contributed by atoms with Gasteiger partial charge in [0.25, 0.3) is 0 Å². The second kappa shape index (κ2) is 9.51. The zero-order chi connectivity index (χ0) is 20.7. The molecule has 10 nitrogen and oxygen atoms in total. The van der Waals surface area contributed by atoms with Crippen molar-refractivity contribution in [1.82, 2.24) is 15.6 Å². The minimum Gasteiger partial charge on any atom is -0.480 e. The van der Waals surface area contributed by atoms with Crippen molar-refractivity contribution in [2.75, 3.05) is 6.54 Å². The number of hydrogen-bond donors (Lipinski definition) is 6. The van der Waals surface area contributed by atoms with Gasteiger partial charge in [0.05, 0.1) is 6.54 Å². The molecule has 0 fully saturated rings. The van der Waals surface area contributed by atoms with E-state index in [9.17, 15) is 24.3 Å². The Labute approximate surface area is 160 Å². The van der Waals surface area contributed by atoms with E-state index in [1.54, 1.807) is 6.20 Å². The first kappa shape index (κ1) is 20.9. The molecule has 150 valence electrons. The van der Waals surface area contributed by atoms with Gasteiger partial charge in [0.15, 0.2) is 0 Å². The summed E-state index contributed by atoms with van der Waals surface area (Å²) in [4.78, 5) is 49.8. The number of primary amides is 1. The molecule has 0 aliphatic heterocycles. The van der Waals surface area contributed by atoms with Gasteiger partial charge in [-0.25, -0.2) is 4.79 Å². The predicted molar refractivity (Wildman–Crippen MR) is 101 cm³/mol. The number of rotatable bonds is 10. The number of nitrogens with two attached hydrogens (primary N) is 2. The lowest BCUT2D eigenvalue weighted by Crippen LogP contribution is -2.53. The third kappa shape index (κ3) is 5.55. The zero-order valence-electron chi connectivity index (χ0n) is 15.1. The Hall–Kier alpha value is -3.40. The summed E-state index contributed by atoms with van der Waals surface area (Å²) in [5.41, 5.74) is 11.9. The highest BCUT2D eigenvalue weighted by Crippen LogP contribution is 2.19. The van der Waals surface area contributed by atoms with Gasteiger partial charge in [-0.05, 0) is 18.1 Å². The van der Waals surface area contributed by atoms with Crippen LogP contribution in [0.15, 0.2) is 30.5 Å². The van der Waals surface area contributed by atoms with E-state index in [-0.39, 0.29) is 25.8 Å². The number of fused-ring (bicyclic) bond motifs is 1. The van der Waals surface area contributed by atoms with Crippen LogP contribution in [0.4, 0.5) is 0 Å². The van der Waals surface area contributed by atoms with Gasteiger partial charge in [-0.2, -0.15) is 0 Å². The van der Waals surface area contributed by atoms with Crippen LogP contribution >= 0.6 is 0 Å². The highest BCUT2D eigenvalue weighted by Gasteiger charge is 2.27. The highest BCUT2D eigenvalue weighted by atomic mass is 16.4. The number of para-hydroxylation sites is 1. The summed E-state index contributed by atoms with van der Waals surface area (Å²) < 4.78 is 0. The summed E-state index contributed by atoms with van der Waals surface area (Å²) in [6, 6.07) is 5.04. The van der Waals surface area contributed by atoms with Crippen molar-refractivity contribution < 1.29 is 24.3 Å². The van der Waals surface area contributed by atoms with Crippen LogP contribution in [-0.2, 0) is 25.6 Å². The number of amides is 3. The standard InChI is InChI=1S/C18H23N5O5/c19-8-16(25)22-13(5-6-15(20)24)17(26)23-14(18(27)28)7-10-9-21-12-4-2-1-3-11(10)12/h1-4,9,13-14,21H,5-8,19H2,(H2,20,24)(H,22,25)(H,23,26)(H,27,28)/t13-,14-/m0/s1. The monoisotopic (exact) mass is 389 g/mol. The molecule has 1 aromatic heterocycles. The zero-order valence-corrected chi connectivity index (χ0v) is 15.1. The predicted octanol–water partition coefficient (Wildman–Crippen LogP) is -1.01. The average Bonchev–Trinajstić information content (AvgIpc) is 3.07. The lowest BCUT2D eigenvalue weighted by molar-refractivity contribution is -0.142. The number of aliphatic carboxylic acids is 1. The van der Waals surface area contributed by atoms with Gasteiger partial charge in [-0.3, -0.25) is 14.4 Å². The van der Waals surface area contributed by atoms with Crippen molar-refractivity contribution in [3.8, 4) is 0 Å². The number of benzene rings is 1. The van der Waals surface area contributed by atoms with Crippen LogP contribution in [-0.4, -0.2) is 52.4 Å². The smallest absolute Gasteiger partial charge is 0.326 e. The van der Waals surface area contributed by atoms with E-state index in [4.69, 9.17) is 11.5 Å². The first-order valence-corrected chi connectivity index (χ1v) is 8.67. The summed E-state index contributed by atoms with van der Waals surface area (Å²) in [5, 5.41) is 15.2. The third-order valence-corrected chi connectivity index (χ3v) is 4.23. The molecule has 3 amide bonds. The number of aromatic amines is 1. The fraction of sp³-hybridized carbons (Fsp3) is 0.333. The van der Waals surface area contributed by atoms with E-state index in [2.05, 4.69) is 15.6 Å². The van der Waals surface area contributed by atoms with Crippen LogP contribution in [0.25, 0.3) is 10.9 Å². The molecule has 10 heteroatoms. The van der Waals surface area contributed by atoms with Crippen LogP contribution in [0, 0.1) is 0 Å². The maximum absolute atomic E-state index is 12.5. The number of carbonyl (C=O) groups is 4. The molecule has 0 aliphatic rings. The molecule has 2 atom stereocenters. The van der Waals surface area contributed by atoms with Crippen LogP contribution in [0.3, 0.4) is 0 Å². The minimum absolute atomic E-state index is 0.0401. The van der Waals surface area contributed by atoms with Crippen LogP contribution in [0.2, 0.25) is 0 Å². The number of carboxylic acid groups (broad SMARTS) is 1. The van der Waals surface area contributed by atoms with Crippen molar-refractivity contribution in [2.24, 2.45) is 11.5 Å². The number of carboxylic acids is 1. The lowest BCUT2D eigenvalue weighted by atomic mass is 10.0. The summed E-state index contributed by atoms with van der Waals surface area (Å²) in [6.45, 7) is -0.349. The first-order valence-electron chi connectivity index (χ1n) is 8.67. The van der Waals surface area contributed by atoms with E-state index >= 15 is 0 Å². The third-order valence-electron chi connectivity index (χ3n) is 4.23. The molecule has 1 heterocycles. The molecular weight excluding hydrogens is 366 g/mol. The van der Waals surface area contributed by atoms with Crippen LogP contribution in [0.1, 0.15) is 18.4 Å². The van der Waals surface area contributed by atoms with Gasteiger partial charge in [-0.1, -0.05) is 18.2 Å². The Morgan fingerprint density at radius 2 is 1.82 bits per heavy atom. The van der Waals surface area contributed by atoms with E-state index < -0.39 is 35.8 Å². The van der Waals surface area contributed by atoms with Crippen LogP contribution < -0.4 is 22.1 Å². The van der Waals surface area contributed by atoms with Gasteiger partial charge in [0.2, 0.25) is 17.7 Å². The molecule has 1 aromatic carbocycles. The molecule has 2 aromatic rings. The molecule has 0 aliphatic carbocycles. The van der Waals surface area contributed by atoms with Gasteiger partial charge >= 0.3 is 5.97 Å². The maximum atomic E-state index is 12.5. The minimum atomic E-state index is -1.22. The Bertz CT molecular complexity index is 878. The Morgan fingerprint density at radius 1 is 1.11 bits per heavy atom. The Balaban J connectivity index is 2.13. The second-order valence-corrected chi connectivity index (χ2v) is 6.29. The summed E-state index contributed by atoms with van der Waals surface area (Å²) in [7, 11) is 0. The summed E-state index contributed by atoms with van der Waals surface area (Å²) in [6.07, 6.45) is 1.52. The lowest BCUT2D eigenvalue weighted by Gasteiger charge is -2.21. The quantitative estimate of drug-likeness (QED) is 0.303. The molecule has 0 unspecified atom stereocenters. The van der Waals surface area contributed by atoms with E-state index in [1.165, 1.54) is 0 Å². The maximum Gasteiger partial charge on any atom is 0.326 e. The van der Waals surface area contributed by atoms with Crippen molar-refractivity contribution in [3.05, 3.63) is 36.0 Å². The van der Waals surface area contributed by atoms with Gasteiger partial charge in [-0.15, -0.1) is 0 Å². The second-order valence-electron chi connectivity index (χ2n) is 6.29. The van der Waals surface area contributed by atoms with Crippen molar-refractivity contribution in [1.29, 1.82) is 0 Å². The fourth-order valence-electron chi connectivity index (χ4n) is 2.80. The van der Waals surface area contributed by atoms with Crippen LogP contribution in [0.5, 0.6) is 0 Å². The number of H-pyrrole nitrogens is 1. The molecular formula is C18H23N5O5. The van der Waals surface area contributed by atoms with Crippen molar-refractivity contribution in [2.45, 2.75) is 31.3 Å². The van der Waals surface area contributed by atoms with Gasteiger partial charge in [0, 0.05) is 29.9 Å². The Morgan fingerprint density at radius 3 is 2.46 bits per heavy atom. The van der Waals surface area contributed by atoms with Gasteiger partial charge in [0.1, 0.15) is 12.1 Å². The SMILES string of the molecule is NCC(=O)N[C@@H](CCC(N)=O)C(=O)N[C@@H](Cc1c[nH]c2ccccc12)C(=O)O. The average molecular weight is 389 g/mol. The topological polar surface area (TPSA) is 180 Å². The van der Waals surface area contributed by atoms with Crippen molar-refractivity contribution in [3.63, 3.8) is 0 Å². The highest BCUT2D eigenvalue weighted by molar-refractivity contribution is 5.92. The largest absolute Gasteiger partial charge is 0.480 e. The molecule has 0 radical (unpaired) electrons.